The van der Waals surface area contributed by atoms with Gasteiger partial charge in [-0.1, -0.05) is 72.8 Å². The molecule has 0 radical (unpaired) electrons. The van der Waals surface area contributed by atoms with Crippen LogP contribution in [-0.4, -0.2) is 60.1 Å². The summed E-state index contributed by atoms with van der Waals surface area (Å²) in [5.74, 6) is -1.15. The number of hydrogen-bond donors (Lipinski definition) is 8. The molecule has 4 amide bonds. The number of fused-ring (bicyclic) bond motifs is 8. The van der Waals surface area contributed by atoms with Crippen molar-refractivity contribution in [1.29, 1.82) is 0 Å². The van der Waals surface area contributed by atoms with Crippen molar-refractivity contribution >= 4 is 92.7 Å². The van der Waals surface area contributed by atoms with E-state index < -0.39 is 12.2 Å². The van der Waals surface area contributed by atoms with E-state index in [-0.39, 0.29) is 30.6 Å². The first-order chi connectivity index (χ1) is 32.9. The SMILES string of the molecule is CC(=O)Nc1ccccc1-c1c2nc(c(-c3ccccc3NC(C)=O)c3ccc([nH]3)c(-c3ccccc3NC(=O)CCC(O)O)c3nc(c(-c4ccccc4NC(C)=O)c4ccc1[nH]4)C=C3)C=C2. The number of carbonyl (C=O) groups excluding carboxylic acids is 4. The van der Waals surface area contributed by atoms with E-state index in [4.69, 9.17) is 9.97 Å². The molecule has 68 heavy (non-hydrogen) atoms. The van der Waals surface area contributed by atoms with E-state index in [0.29, 0.717) is 112 Å². The molecular formula is C54H46N8O6. The Labute approximate surface area is 390 Å². The summed E-state index contributed by atoms with van der Waals surface area (Å²) in [6.45, 7) is 4.37. The molecule has 0 saturated carbocycles. The summed E-state index contributed by atoms with van der Waals surface area (Å²) in [4.78, 5) is 69.3. The van der Waals surface area contributed by atoms with Gasteiger partial charge in [-0.15, -0.1) is 0 Å². The maximum absolute atomic E-state index is 13.3. The maximum atomic E-state index is 13.3. The number of carbonyl (C=O) groups is 4. The minimum Gasteiger partial charge on any atom is -0.368 e. The average Bonchev–Trinajstić information content (AvgIpc) is 4.16. The van der Waals surface area contributed by atoms with Crippen molar-refractivity contribution in [1.82, 2.24) is 19.9 Å². The molecule has 14 heteroatoms. The topological polar surface area (TPSA) is 214 Å². The van der Waals surface area contributed by atoms with Crippen LogP contribution < -0.4 is 21.3 Å². The van der Waals surface area contributed by atoms with Crippen LogP contribution in [-0.2, 0) is 19.2 Å². The lowest BCUT2D eigenvalue weighted by molar-refractivity contribution is -0.119. The molecule has 0 saturated heterocycles. The van der Waals surface area contributed by atoms with Gasteiger partial charge in [0.15, 0.2) is 6.29 Å². The van der Waals surface area contributed by atoms with Gasteiger partial charge in [0.1, 0.15) is 0 Å². The number of nitrogens with one attached hydrogen (secondary N) is 6. The lowest BCUT2D eigenvalue weighted by atomic mass is 10.0. The molecule has 7 aromatic rings. The first-order valence-corrected chi connectivity index (χ1v) is 21.9. The number of para-hydroxylation sites is 4. The number of hydrogen-bond acceptors (Lipinski definition) is 8. The van der Waals surface area contributed by atoms with Crippen molar-refractivity contribution in [3.63, 3.8) is 0 Å². The van der Waals surface area contributed by atoms with Gasteiger partial charge in [-0.05, 0) is 72.8 Å². The molecule has 0 atom stereocenters. The molecule has 0 unspecified atom stereocenters. The van der Waals surface area contributed by atoms with E-state index in [2.05, 4.69) is 31.2 Å². The number of aromatic nitrogens is 4. The maximum Gasteiger partial charge on any atom is 0.224 e. The third-order valence-electron chi connectivity index (χ3n) is 11.4. The highest BCUT2D eigenvalue weighted by molar-refractivity contribution is 6.07. The summed E-state index contributed by atoms with van der Waals surface area (Å²) >= 11 is 0. The van der Waals surface area contributed by atoms with Crippen LogP contribution in [0.4, 0.5) is 22.7 Å². The number of nitrogens with zero attached hydrogens (tertiary/aromatic N) is 2. The number of anilines is 4. The van der Waals surface area contributed by atoms with Crippen molar-refractivity contribution in [3.05, 3.63) is 144 Å². The molecular weight excluding hydrogens is 857 g/mol. The molecule has 0 spiro atoms. The van der Waals surface area contributed by atoms with Crippen LogP contribution >= 0.6 is 0 Å². The normalized spacial score (nSPS) is 11.7. The van der Waals surface area contributed by atoms with Crippen molar-refractivity contribution in [2.24, 2.45) is 0 Å². The summed E-state index contributed by atoms with van der Waals surface area (Å²) in [6.07, 6.45) is 5.74. The molecule has 4 aromatic carbocycles. The zero-order valence-electron chi connectivity index (χ0n) is 37.3. The highest BCUT2D eigenvalue weighted by atomic mass is 16.5. The van der Waals surface area contributed by atoms with Gasteiger partial charge in [0.05, 0.1) is 22.8 Å². The Morgan fingerprint density at radius 3 is 1.00 bits per heavy atom. The fraction of sp³-hybridized carbons (Fsp3) is 0.111. The van der Waals surface area contributed by atoms with E-state index in [1.807, 2.05) is 133 Å². The van der Waals surface area contributed by atoms with Crippen LogP contribution in [0.25, 0.3) is 90.9 Å². The minimum absolute atomic E-state index is 0.129. The van der Waals surface area contributed by atoms with Crippen molar-refractivity contribution in [3.8, 4) is 44.5 Å². The number of aliphatic hydroxyl groups excluding tert-OH is 1. The predicted molar refractivity (Wildman–Crippen MR) is 270 cm³/mol. The Morgan fingerprint density at radius 1 is 0.441 bits per heavy atom. The molecule has 0 fully saturated rings. The summed E-state index contributed by atoms with van der Waals surface area (Å²) in [7, 11) is 0. The quantitative estimate of drug-likeness (QED) is 0.0583. The van der Waals surface area contributed by atoms with Gasteiger partial charge < -0.3 is 41.4 Å². The van der Waals surface area contributed by atoms with E-state index in [9.17, 15) is 29.4 Å². The Balaban J connectivity index is 1.46. The number of aliphatic hydroxyl groups is 2. The summed E-state index contributed by atoms with van der Waals surface area (Å²) < 4.78 is 0. The second kappa shape index (κ2) is 19.0. The Kier molecular flexibility index (Phi) is 12.4. The monoisotopic (exact) mass is 902 g/mol. The molecule has 338 valence electrons. The molecule has 14 nitrogen and oxygen atoms in total. The zero-order chi connectivity index (χ0) is 47.5. The van der Waals surface area contributed by atoms with Crippen LogP contribution in [0.5, 0.6) is 0 Å². The summed E-state index contributed by atoms with van der Waals surface area (Å²) in [5, 5.41) is 31.1. The van der Waals surface area contributed by atoms with Gasteiger partial charge >= 0.3 is 0 Å². The smallest absolute Gasteiger partial charge is 0.224 e. The average molecular weight is 903 g/mol. The highest BCUT2D eigenvalue weighted by Gasteiger charge is 2.23. The van der Waals surface area contributed by atoms with Crippen molar-refractivity contribution < 1.29 is 29.4 Å². The largest absolute Gasteiger partial charge is 0.368 e. The predicted octanol–water partition coefficient (Wildman–Crippen LogP) is 10.2. The lowest BCUT2D eigenvalue weighted by Crippen LogP contribution is -2.15. The fourth-order valence-corrected chi connectivity index (χ4v) is 8.62. The van der Waals surface area contributed by atoms with Crippen LogP contribution in [0, 0.1) is 0 Å². The lowest BCUT2D eigenvalue weighted by Gasteiger charge is -2.13. The van der Waals surface area contributed by atoms with Gasteiger partial charge in [0.25, 0.3) is 0 Å². The molecule has 8 N–H and O–H groups in total. The van der Waals surface area contributed by atoms with Crippen LogP contribution in [0.3, 0.4) is 0 Å². The van der Waals surface area contributed by atoms with E-state index in [0.717, 1.165) is 0 Å². The molecule has 9 rings (SSSR count). The second-order valence-corrected chi connectivity index (χ2v) is 16.3. The third kappa shape index (κ3) is 9.22. The zero-order valence-corrected chi connectivity index (χ0v) is 37.3. The molecule has 3 aromatic heterocycles. The Morgan fingerprint density at radius 2 is 0.721 bits per heavy atom. The van der Waals surface area contributed by atoms with E-state index >= 15 is 0 Å². The molecule has 2 aliphatic heterocycles. The molecule has 0 aliphatic carbocycles. The van der Waals surface area contributed by atoms with Gasteiger partial charge in [-0.3, -0.25) is 19.2 Å². The summed E-state index contributed by atoms with van der Waals surface area (Å²) in [5.41, 5.74) is 12.4. The second-order valence-electron chi connectivity index (χ2n) is 16.3. The first kappa shape index (κ1) is 44.5. The molecule has 8 bridgehead atoms. The van der Waals surface area contributed by atoms with E-state index in [1.165, 1.54) is 20.8 Å². The van der Waals surface area contributed by atoms with Crippen LogP contribution in [0.1, 0.15) is 56.4 Å². The number of H-pyrrole nitrogens is 2. The number of aromatic amines is 2. The first-order valence-electron chi connectivity index (χ1n) is 21.9. The minimum atomic E-state index is -1.64. The van der Waals surface area contributed by atoms with Crippen molar-refractivity contribution in [2.75, 3.05) is 21.3 Å². The molecule has 5 heterocycles. The third-order valence-corrected chi connectivity index (χ3v) is 11.4. The number of amides is 4. The van der Waals surface area contributed by atoms with Gasteiger partial charge in [-0.2, -0.15) is 0 Å². The van der Waals surface area contributed by atoms with Crippen LogP contribution in [0.2, 0.25) is 0 Å². The van der Waals surface area contributed by atoms with Gasteiger partial charge in [0, 0.05) is 123 Å². The van der Waals surface area contributed by atoms with E-state index in [1.54, 1.807) is 12.1 Å². The van der Waals surface area contributed by atoms with Crippen molar-refractivity contribution in [2.45, 2.75) is 39.9 Å². The number of benzene rings is 4. The van der Waals surface area contributed by atoms with Gasteiger partial charge in [-0.25, -0.2) is 9.97 Å². The standard InChI is InChI=1S/C54H46N8O6/c1-30(63)55-37-16-8-4-12-33(37)51-41-20-22-43(58-41)52(34-13-5-9-17-38(34)56-31(2)64)45-24-26-47(60-45)54(36-15-7-11-19-40(36)62-49(66)28-29-50(67)68)48-27-25-46(61-48)53(44-23-21-42(51)59-44)35-14-6-10-18-39(35)57-32(3)65/h4-27,50,58,61,67-68H,28-29H2,1-3H3,(H,55,63)(H,56,64)(H,57,65)(H,62,66). The van der Waals surface area contributed by atoms with Gasteiger partial charge in [0.2, 0.25) is 23.6 Å². The fourth-order valence-electron chi connectivity index (χ4n) is 8.62. The highest BCUT2D eigenvalue weighted by Crippen LogP contribution is 2.43. The Hall–Kier alpha value is -8.72. The number of rotatable bonds is 11. The van der Waals surface area contributed by atoms with Crippen LogP contribution in [0.15, 0.2) is 121 Å². The molecule has 2 aliphatic rings. The Bertz CT molecular complexity index is 3360. The summed E-state index contributed by atoms with van der Waals surface area (Å²) in [6, 6.07) is 37.6.